The summed E-state index contributed by atoms with van der Waals surface area (Å²) >= 11 is 0. The summed E-state index contributed by atoms with van der Waals surface area (Å²) in [6.07, 6.45) is 2.65. The Kier molecular flexibility index (Phi) is 4.77. The van der Waals surface area contributed by atoms with E-state index in [1.54, 1.807) is 0 Å². The minimum absolute atomic E-state index is 0.199. The normalized spacial score (nSPS) is 26.1. The van der Waals surface area contributed by atoms with Gasteiger partial charge in [0.1, 0.15) is 0 Å². The van der Waals surface area contributed by atoms with Crippen LogP contribution in [0.5, 0.6) is 0 Å². The van der Waals surface area contributed by atoms with Gasteiger partial charge in [-0.2, -0.15) is 0 Å². The maximum atomic E-state index is 6.04. The number of nitrogens with zero attached hydrogens (tertiary/aromatic N) is 2. The molecule has 16 heavy (non-hydrogen) atoms. The van der Waals surface area contributed by atoms with E-state index in [9.17, 15) is 0 Å². The standard InChI is InChI=1S/C13H29N3/c1-11(14)13(2,3)10-16(5)12-7-6-8-15(4)9-12/h11-12H,6-10,14H2,1-5H3. The first kappa shape index (κ1) is 13.9. The summed E-state index contributed by atoms with van der Waals surface area (Å²) < 4.78 is 0. The van der Waals surface area contributed by atoms with Crippen molar-refractivity contribution in [2.45, 2.75) is 45.7 Å². The Morgan fingerprint density at radius 3 is 2.62 bits per heavy atom. The molecule has 3 nitrogen and oxygen atoms in total. The highest BCUT2D eigenvalue weighted by Crippen LogP contribution is 2.23. The van der Waals surface area contributed by atoms with Crippen LogP contribution in [0.4, 0.5) is 0 Å². The van der Waals surface area contributed by atoms with Gasteiger partial charge in [0.2, 0.25) is 0 Å². The summed E-state index contributed by atoms with van der Waals surface area (Å²) in [7, 11) is 4.46. The second-order valence-electron chi connectivity index (χ2n) is 6.25. The van der Waals surface area contributed by atoms with Crippen molar-refractivity contribution in [3.05, 3.63) is 0 Å². The fraction of sp³-hybridized carbons (Fsp3) is 1.00. The Morgan fingerprint density at radius 1 is 1.50 bits per heavy atom. The molecule has 1 fully saturated rings. The van der Waals surface area contributed by atoms with Gasteiger partial charge in [-0.1, -0.05) is 13.8 Å². The second kappa shape index (κ2) is 5.48. The molecule has 1 aliphatic rings. The van der Waals surface area contributed by atoms with Gasteiger partial charge in [-0.3, -0.25) is 0 Å². The minimum atomic E-state index is 0.199. The molecule has 1 rings (SSSR count). The lowest BCUT2D eigenvalue weighted by Gasteiger charge is -2.41. The Morgan fingerprint density at radius 2 is 2.12 bits per heavy atom. The molecule has 0 bridgehead atoms. The molecule has 0 spiro atoms. The van der Waals surface area contributed by atoms with E-state index in [1.807, 2.05) is 0 Å². The van der Waals surface area contributed by atoms with Gasteiger partial charge in [0, 0.05) is 25.2 Å². The molecule has 3 heteroatoms. The molecule has 1 saturated heterocycles. The third-order valence-electron chi connectivity index (χ3n) is 4.11. The summed E-state index contributed by atoms with van der Waals surface area (Å²) in [5.41, 5.74) is 6.24. The highest BCUT2D eigenvalue weighted by Gasteiger charge is 2.29. The smallest absolute Gasteiger partial charge is 0.0220 e. The van der Waals surface area contributed by atoms with Crippen molar-refractivity contribution in [2.24, 2.45) is 11.1 Å². The number of rotatable bonds is 4. The van der Waals surface area contributed by atoms with Crippen LogP contribution in [0.25, 0.3) is 0 Å². The van der Waals surface area contributed by atoms with E-state index in [0.29, 0.717) is 6.04 Å². The molecular formula is C13H29N3. The number of piperidine rings is 1. The summed E-state index contributed by atoms with van der Waals surface area (Å²) in [5, 5.41) is 0. The Labute approximate surface area is 101 Å². The van der Waals surface area contributed by atoms with Crippen molar-refractivity contribution in [1.82, 2.24) is 9.80 Å². The van der Waals surface area contributed by atoms with E-state index in [-0.39, 0.29) is 11.5 Å². The van der Waals surface area contributed by atoms with E-state index in [2.05, 4.69) is 44.7 Å². The number of likely N-dealkylation sites (N-methyl/N-ethyl adjacent to an activating group) is 2. The lowest BCUT2D eigenvalue weighted by atomic mass is 9.85. The van der Waals surface area contributed by atoms with Crippen molar-refractivity contribution in [1.29, 1.82) is 0 Å². The minimum Gasteiger partial charge on any atom is -0.327 e. The van der Waals surface area contributed by atoms with Gasteiger partial charge >= 0.3 is 0 Å². The highest BCUT2D eigenvalue weighted by atomic mass is 15.2. The predicted molar refractivity (Wildman–Crippen MR) is 70.6 cm³/mol. The number of hydrogen-bond acceptors (Lipinski definition) is 3. The van der Waals surface area contributed by atoms with Crippen LogP contribution in [-0.2, 0) is 0 Å². The topological polar surface area (TPSA) is 32.5 Å². The molecular weight excluding hydrogens is 198 g/mol. The maximum absolute atomic E-state index is 6.04. The predicted octanol–water partition coefficient (Wildman–Crippen LogP) is 1.39. The van der Waals surface area contributed by atoms with Crippen molar-refractivity contribution in [3.8, 4) is 0 Å². The lowest BCUT2D eigenvalue weighted by molar-refractivity contribution is 0.0913. The Balaban J connectivity index is 2.48. The van der Waals surface area contributed by atoms with Gasteiger partial charge in [0.25, 0.3) is 0 Å². The van der Waals surface area contributed by atoms with Gasteiger partial charge in [0.15, 0.2) is 0 Å². The zero-order valence-corrected chi connectivity index (χ0v) is 11.7. The van der Waals surface area contributed by atoms with Gasteiger partial charge in [-0.05, 0) is 45.8 Å². The first-order valence-corrected chi connectivity index (χ1v) is 6.47. The van der Waals surface area contributed by atoms with Crippen LogP contribution in [0, 0.1) is 5.41 Å². The Hall–Kier alpha value is -0.120. The third-order valence-corrected chi connectivity index (χ3v) is 4.11. The molecule has 1 heterocycles. The SMILES string of the molecule is CC(N)C(C)(C)CN(C)C1CCCN(C)C1. The van der Waals surface area contributed by atoms with Gasteiger partial charge in [-0.25, -0.2) is 0 Å². The molecule has 0 amide bonds. The van der Waals surface area contributed by atoms with E-state index >= 15 is 0 Å². The summed E-state index contributed by atoms with van der Waals surface area (Å²) in [6.45, 7) is 10.2. The number of hydrogen-bond donors (Lipinski definition) is 1. The van der Waals surface area contributed by atoms with Crippen LogP contribution in [-0.4, -0.2) is 55.6 Å². The zero-order valence-electron chi connectivity index (χ0n) is 11.7. The van der Waals surface area contributed by atoms with Gasteiger partial charge in [-0.15, -0.1) is 0 Å². The number of nitrogens with two attached hydrogens (primary N) is 1. The molecule has 2 unspecified atom stereocenters. The average molecular weight is 227 g/mol. The zero-order chi connectivity index (χ0) is 12.3. The van der Waals surface area contributed by atoms with Gasteiger partial charge < -0.3 is 15.5 Å². The molecule has 2 atom stereocenters. The second-order valence-corrected chi connectivity index (χ2v) is 6.25. The van der Waals surface area contributed by atoms with Crippen molar-refractivity contribution in [3.63, 3.8) is 0 Å². The fourth-order valence-electron chi connectivity index (χ4n) is 2.41. The highest BCUT2D eigenvalue weighted by molar-refractivity contribution is 4.85. The molecule has 0 aromatic rings. The van der Waals surface area contributed by atoms with E-state index < -0.39 is 0 Å². The molecule has 0 aliphatic carbocycles. The summed E-state index contributed by atoms with van der Waals surface area (Å²) in [4.78, 5) is 4.93. The molecule has 1 aliphatic heterocycles. The monoisotopic (exact) mass is 227 g/mol. The third kappa shape index (κ3) is 3.72. The maximum Gasteiger partial charge on any atom is 0.0220 e. The van der Waals surface area contributed by atoms with Crippen molar-refractivity contribution >= 4 is 0 Å². The number of likely N-dealkylation sites (tertiary alicyclic amines) is 1. The van der Waals surface area contributed by atoms with E-state index in [4.69, 9.17) is 5.73 Å². The van der Waals surface area contributed by atoms with Crippen LogP contribution in [0.3, 0.4) is 0 Å². The Bertz CT molecular complexity index is 213. The summed E-state index contributed by atoms with van der Waals surface area (Å²) in [6, 6.07) is 0.952. The van der Waals surface area contributed by atoms with Gasteiger partial charge in [0.05, 0.1) is 0 Å². The molecule has 0 aromatic heterocycles. The molecule has 0 saturated carbocycles. The van der Waals surface area contributed by atoms with Crippen LogP contribution in [0.2, 0.25) is 0 Å². The van der Waals surface area contributed by atoms with E-state index in [1.165, 1.54) is 25.9 Å². The largest absolute Gasteiger partial charge is 0.327 e. The van der Waals surface area contributed by atoms with Crippen LogP contribution in [0.15, 0.2) is 0 Å². The van der Waals surface area contributed by atoms with Crippen LogP contribution >= 0.6 is 0 Å². The first-order chi connectivity index (χ1) is 7.33. The average Bonchev–Trinajstić information content (AvgIpc) is 2.16. The molecule has 0 aromatic carbocycles. The summed E-state index contributed by atoms with van der Waals surface area (Å²) in [5.74, 6) is 0. The molecule has 0 radical (unpaired) electrons. The lowest BCUT2D eigenvalue weighted by Crippen LogP contribution is -2.50. The van der Waals surface area contributed by atoms with E-state index in [0.717, 1.165) is 6.54 Å². The molecule has 2 N–H and O–H groups in total. The molecule has 96 valence electrons. The fourth-order valence-corrected chi connectivity index (χ4v) is 2.41. The van der Waals surface area contributed by atoms with Crippen molar-refractivity contribution in [2.75, 3.05) is 33.7 Å². The van der Waals surface area contributed by atoms with Crippen LogP contribution in [0.1, 0.15) is 33.6 Å². The first-order valence-electron chi connectivity index (χ1n) is 6.47. The van der Waals surface area contributed by atoms with Crippen molar-refractivity contribution < 1.29 is 0 Å². The quantitative estimate of drug-likeness (QED) is 0.788. The van der Waals surface area contributed by atoms with Crippen LogP contribution < -0.4 is 5.73 Å².